The highest BCUT2D eigenvalue weighted by molar-refractivity contribution is 7.13. The number of carbonyl (C=O) groups excluding carboxylic acids is 2. The van der Waals surface area contributed by atoms with Crippen LogP contribution in [0.25, 0.3) is 0 Å². The van der Waals surface area contributed by atoms with Crippen LogP contribution in [-0.2, 0) is 20.9 Å². The number of rotatable bonds is 9. The number of hydrogen-bond acceptors (Lipinski definition) is 8. The first-order valence-electron chi connectivity index (χ1n) is 9.14. The van der Waals surface area contributed by atoms with Gasteiger partial charge in [0.15, 0.2) is 0 Å². The molecule has 11 heteroatoms. The molecule has 0 radical (unpaired) electrons. The lowest BCUT2D eigenvalue weighted by Gasteiger charge is -2.26. The Morgan fingerprint density at radius 3 is 2.90 bits per heavy atom. The maximum Gasteiger partial charge on any atom is 0.286 e. The minimum Gasteiger partial charge on any atom is -0.379 e. The summed E-state index contributed by atoms with van der Waals surface area (Å²) < 4.78 is 10.6. The quantitative estimate of drug-likeness (QED) is 0.608. The van der Waals surface area contributed by atoms with Gasteiger partial charge in [-0.2, -0.15) is 0 Å². The SMILES string of the molecule is O=C(COCc1nnc(C(=O)Nc2cccc(Cl)c2)s1)NCCN1CCOCC1. The van der Waals surface area contributed by atoms with Gasteiger partial charge in [0.25, 0.3) is 5.91 Å². The molecule has 2 amide bonds. The normalized spacial score (nSPS) is 14.5. The van der Waals surface area contributed by atoms with Crippen molar-refractivity contribution in [1.82, 2.24) is 20.4 Å². The van der Waals surface area contributed by atoms with Gasteiger partial charge in [0, 0.05) is 36.9 Å². The molecule has 0 bridgehead atoms. The lowest BCUT2D eigenvalue weighted by molar-refractivity contribution is -0.126. The molecule has 3 rings (SSSR count). The minimum absolute atomic E-state index is 0.0767. The second-order valence-electron chi connectivity index (χ2n) is 6.26. The average Bonchev–Trinajstić information content (AvgIpc) is 3.18. The Bertz CT molecular complexity index is 828. The summed E-state index contributed by atoms with van der Waals surface area (Å²) >= 11 is 7.01. The second kappa shape index (κ2) is 11.2. The van der Waals surface area contributed by atoms with E-state index in [2.05, 4.69) is 25.7 Å². The zero-order chi connectivity index (χ0) is 20.5. The number of nitrogens with one attached hydrogen (secondary N) is 2. The van der Waals surface area contributed by atoms with Gasteiger partial charge in [-0.3, -0.25) is 14.5 Å². The highest BCUT2D eigenvalue weighted by Crippen LogP contribution is 2.17. The number of ether oxygens (including phenoxy) is 2. The first-order valence-corrected chi connectivity index (χ1v) is 10.3. The molecule has 2 heterocycles. The van der Waals surface area contributed by atoms with E-state index in [1.165, 1.54) is 0 Å². The van der Waals surface area contributed by atoms with Crippen LogP contribution in [0.1, 0.15) is 14.8 Å². The molecular weight excluding hydrogens is 418 g/mol. The van der Waals surface area contributed by atoms with Gasteiger partial charge in [-0.25, -0.2) is 0 Å². The van der Waals surface area contributed by atoms with Crippen LogP contribution < -0.4 is 10.6 Å². The Kier molecular flexibility index (Phi) is 8.32. The maximum atomic E-state index is 12.2. The maximum absolute atomic E-state index is 12.2. The number of hydrogen-bond donors (Lipinski definition) is 2. The van der Waals surface area contributed by atoms with Gasteiger partial charge in [0.2, 0.25) is 10.9 Å². The van der Waals surface area contributed by atoms with Gasteiger partial charge in [0.1, 0.15) is 18.2 Å². The molecule has 0 unspecified atom stereocenters. The van der Waals surface area contributed by atoms with Crippen LogP contribution in [0.15, 0.2) is 24.3 Å². The lowest BCUT2D eigenvalue weighted by Crippen LogP contribution is -2.41. The van der Waals surface area contributed by atoms with E-state index >= 15 is 0 Å². The zero-order valence-electron chi connectivity index (χ0n) is 15.7. The van der Waals surface area contributed by atoms with Gasteiger partial charge >= 0.3 is 0 Å². The van der Waals surface area contributed by atoms with E-state index in [4.69, 9.17) is 21.1 Å². The van der Waals surface area contributed by atoms with Crippen LogP contribution in [0.3, 0.4) is 0 Å². The molecular formula is C18H22ClN5O4S. The van der Waals surface area contributed by atoms with Gasteiger partial charge in [-0.15, -0.1) is 10.2 Å². The molecule has 1 saturated heterocycles. The summed E-state index contributed by atoms with van der Waals surface area (Å²) in [6, 6.07) is 6.83. The fourth-order valence-electron chi connectivity index (χ4n) is 2.61. The molecule has 2 N–H and O–H groups in total. The Hall–Kier alpha value is -2.11. The summed E-state index contributed by atoms with van der Waals surface area (Å²) in [6.45, 7) is 4.63. The fraction of sp³-hybridized carbons (Fsp3) is 0.444. The molecule has 1 aromatic heterocycles. The summed E-state index contributed by atoms with van der Waals surface area (Å²) in [7, 11) is 0. The Balaban J connectivity index is 1.34. The highest BCUT2D eigenvalue weighted by Gasteiger charge is 2.14. The van der Waals surface area contributed by atoms with Crippen LogP contribution in [-0.4, -0.2) is 72.9 Å². The molecule has 2 aromatic rings. The van der Waals surface area contributed by atoms with Gasteiger partial charge < -0.3 is 20.1 Å². The number of benzene rings is 1. The molecule has 1 fully saturated rings. The summed E-state index contributed by atoms with van der Waals surface area (Å²) in [5.41, 5.74) is 0.573. The zero-order valence-corrected chi connectivity index (χ0v) is 17.3. The summed E-state index contributed by atoms with van der Waals surface area (Å²) in [5.74, 6) is -0.571. The number of halogens is 1. The highest BCUT2D eigenvalue weighted by atomic mass is 35.5. The third kappa shape index (κ3) is 7.33. The second-order valence-corrected chi connectivity index (χ2v) is 7.76. The molecule has 156 valence electrons. The smallest absolute Gasteiger partial charge is 0.286 e. The van der Waals surface area contributed by atoms with Crippen molar-refractivity contribution in [3.05, 3.63) is 39.3 Å². The molecule has 0 spiro atoms. The van der Waals surface area contributed by atoms with Crippen molar-refractivity contribution in [2.45, 2.75) is 6.61 Å². The Morgan fingerprint density at radius 2 is 2.10 bits per heavy atom. The number of amides is 2. The van der Waals surface area contributed by atoms with E-state index in [1.807, 2.05) is 0 Å². The van der Waals surface area contributed by atoms with Crippen LogP contribution in [0, 0.1) is 0 Å². The molecule has 29 heavy (non-hydrogen) atoms. The number of anilines is 1. The van der Waals surface area contributed by atoms with Crippen LogP contribution in [0.4, 0.5) is 5.69 Å². The van der Waals surface area contributed by atoms with E-state index in [0.29, 0.717) is 22.3 Å². The van der Waals surface area contributed by atoms with Crippen molar-refractivity contribution in [2.24, 2.45) is 0 Å². The van der Waals surface area contributed by atoms with Crippen LogP contribution in [0.2, 0.25) is 5.02 Å². The third-order valence-corrected chi connectivity index (χ3v) is 5.19. The molecule has 1 aliphatic rings. The van der Waals surface area contributed by atoms with Crippen LogP contribution >= 0.6 is 22.9 Å². The number of carbonyl (C=O) groups is 2. The topological polar surface area (TPSA) is 106 Å². The third-order valence-electron chi connectivity index (χ3n) is 4.06. The van der Waals surface area contributed by atoms with Crippen molar-refractivity contribution in [3.8, 4) is 0 Å². The van der Waals surface area contributed by atoms with Gasteiger partial charge in [0.05, 0.1) is 13.2 Å². The van der Waals surface area contributed by atoms with Crippen molar-refractivity contribution in [2.75, 3.05) is 51.3 Å². The molecule has 1 aliphatic heterocycles. The Morgan fingerprint density at radius 1 is 1.28 bits per heavy atom. The van der Waals surface area contributed by atoms with Gasteiger partial charge in [-0.1, -0.05) is 29.0 Å². The average molecular weight is 440 g/mol. The number of morpholine rings is 1. The van der Waals surface area contributed by atoms with E-state index in [0.717, 1.165) is 44.2 Å². The number of aromatic nitrogens is 2. The largest absolute Gasteiger partial charge is 0.379 e. The molecule has 0 atom stereocenters. The summed E-state index contributed by atoms with van der Waals surface area (Å²) in [5, 5.41) is 14.6. The van der Waals surface area contributed by atoms with E-state index in [-0.39, 0.29) is 30.0 Å². The molecule has 0 saturated carbocycles. The fourth-order valence-corrected chi connectivity index (χ4v) is 3.48. The lowest BCUT2D eigenvalue weighted by atomic mass is 10.3. The number of nitrogens with zero attached hydrogens (tertiary/aromatic N) is 3. The minimum atomic E-state index is -0.378. The first-order chi connectivity index (χ1) is 14.1. The Labute approximate surface area is 177 Å². The van der Waals surface area contributed by atoms with Crippen molar-refractivity contribution >= 4 is 40.4 Å². The van der Waals surface area contributed by atoms with Crippen LogP contribution in [0.5, 0.6) is 0 Å². The summed E-state index contributed by atoms with van der Waals surface area (Å²) in [4.78, 5) is 26.3. The monoisotopic (exact) mass is 439 g/mol. The first kappa shape index (κ1) is 21.6. The van der Waals surface area contributed by atoms with E-state index < -0.39 is 0 Å². The molecule has 0 aliphatic carbocycles. The molecule has 9 nitrogen and oxygen atoms in total. The predicted octanol–water partition coefficient (Wildman–Crippen LogP) is 1.41. The summed E-state index contributed by atoms with van der Waals surface area (Å²) in [6.07, 6.45) is 0. The van der Waals surface area contributed by atoms with Crippen molar-refractivity contribution < 1.29 is 19.1 Å². The van der Waals surface area contributed by atoms with E-state index in [1.54, 1.807) is 24.3 Å². The van der Waals surface area contributed by atoms with Crippen molar-refractivity contribution in [1.29, 1.82) is 0 Å². The predicted molar refractivity (Wildman–Crippen MR) is 109 cm³/mol. The van der Waals surface area contributed by atoms with E-state index in [9.17, 15) is 9.59 Å². The van der Waals surface area contributed by atoms with Crippen molar-refractivity contribution in [3.63, 3.8) is 0 Å². The standard InChI is InChI=1S/C18H22ClN5O4S/c19-13-2-1-3-14(10-13)21-17(26)18-23-22-16(29-18)12-28-11-15(25)20-4-5-24-6-8-27-9-7-24/h1-3,10H,4-9,11-12H2,(H,20,25)(H,21,26). The molecule has 1 aromatic carbocycles. The van der Waals surface area contributed by atoms with Gasteiger partial charge in [-0.05, 0) is 18.2 Å².